The van der Waals surface area contributed by atoms with Gasteiger partial charge in [0, 0.05) is 30.5 Å². The van der Waals surface area contributed by atoms with Gasteiger partial charge in [0.2, 0.25) is 0 Å². The molecule has 0 unspecified atom stereocenters. The summed E-state index contributed by atoms with van der Waals surface area (Å²) in [5.41, 5.74) is 2.29. The standard InChI is InChI=1S/C12H19NO3/c1-4-15-7-10-6-13-9(3)12(14)11(10)8-16-5-2/h6,14H,4-5,7-8H2,1-3H3. The third-order valence-corrected chi connectivity index (χ3v) is 2.34. The smallest absolute Gasteiger partial charge is 0.142 e. The summed E-state index contributed by atoms with van der Waals surface area (Å²) in [7, 11) is 0. The summed E-state index contributed by atoms with van der Waals surface area (Å²) in [6.45, 7) is 7.75. The number of rotatable bonds is 6. The molecule has 1 aromatic heterocycles. The zero-order valence-electron chi connectivity index (χ0n) is 10.1. The fourth-order valence-electron chi connectivity index (χ4n) is 1.39. The Kier molecular flexibility index (Phi) is 5.22. The highest BCUT2D eigenvalue weighted by Crippen LogP contribution is 2.25. The van der Waals surface area contributed by atoms with Crippen LogP contribution in [0.4, 0.5) is 0 Å². The Morgan fingerprint density at radius 2 is 1.81 bits per heavy atom. The molecule has 0 aliphatic heterocycles. The molecule has 0 aliphatic rings. The Morgan fingerprint density at radius 1 is 1.19 bits per heavy atom. The van der Waals surface area contributed by atoms with Crippen LogP contribution in [0.5, 0.6) is 5.75 Å². The van der Waals surface area contributed by atoms with Crippen LogP contribution < -0.4 is 0 Å². The number of aryl methyl sites for hydroxylation is 1. The first-order valence-corrected chi connectivity index (χ1v) is 5.52. The van der Waals surface area contributed by atoms with Gasteiger partial charge in [-0.15, -0.1) is 0 Å². The van der Waals surface area contributed by atoms with E-state index in [1.807, 2.05) is 13.8 Å². The van der Waals surface area contributed by atoms with Gasteiger partial charge >= 0.3 is 0 Å². The van der Waals surface area contributed by atoms with E-state index in [1.165, 1.54) is 0 Å². The molecule has 0 atom stereocenters. The van der Waals surface area contributed by atoms with E-state index in [9.17, 15) is 5.11 Å². The van der Waals surface area contributed by atoms with Gasteiger partial charge < -0.3 is 14.6 Å². The summed E-state index contributed by atoms with van der Waals surface area (Å²) >= 11 is 0. The van der Waals surface area contributed by atoms with Crippen LogP contribution >= 0.6 is 0 Å². The highest BCUT2D eigenvalue weighted by Gasteiger charge is 2.11. The molecule has 0 amide bonds. The lowest BCUT2D eigenvalue weighted by Crippen LogP contribution is -2.03. The molecule has 0 saturated heterocycles. The van der Waals surface area contributed by atoms with Gasteiger partial charge in [-0.2, -0.15) is 0 Å². The van der Waals surface area contributed by atoms with Gasteiger partial charge in [-0.25, -0.2) is 0 Å². The Hall–Kier alpha value is -1.13. The van der Waals surface area contributed by atoms with E-state index < -0.39 is 0 Å². The molecule has 1 rings (SSSR count). The van der Waals surface area contributed by atoms with Crippen LogP contribution in [-0.4, -0.2) is 23.3 Å². The van der Waals surface area contributed by atoms with Crippen LogP contribution in [0.1, 0.15) is 30.7 Å². The minimum absolute atomic E-state index is 0.214. The molecular formula is C12H19NO3. The van der Waals surface area contributed by atoms with E-state index in [0.717, 1.165) is 11.1 Å². The van der Waals surface area contributed by atoms with Crippen molar-refractivity contribution in [3.63, 3.8) is 0 Å². The van der Waals surface area contributed by atoms with Crippen molar-refractivity contribution in [2.45, 2.75) is 34.0 Å². The number of aromatic nitrogens is 1. The molecule has 0 fully saturated rings. The third-order valence-electron chi connectivity index (χ3n) is 2.34. The van der Waals surface area contributed by atoms with E-state index in [2.05, 4.69) is 4.98 Å². The van der Waals surface area contributed by atoms with Crippen molar-refractivity contribution in [2.75, 3.05) is 13.2 Å². The molecule has 0 spiro atoms. The molecule has 4 nitrogen and oxygen atoms in total. The van der Waals surface area contributed by atoms with E-state index >= 15 is 0 Å². The maximum absolute atomic E-state index is 9.91. The van der Waals surface area contributed by atoms with Crippen molar-refractivity contribution in [2.24, 2.45) is 0 Å². The largest absolute Gasteiger partial charge is 0.506 e. The van der Waals surface area contributed by atoms with Crippen LogP contribution in [0, 0.1) is 6.92 Å². The lowest BCUT2D eigenvalue weighted by Gasteiger charge is -2.12. The van der Waals surface area contributed by atoms with Crippen molar-refractivity contribution < 1.29 is 14.6 Å². The van der Waals surface area contributed by atoms with Crippen LogP contribution in [0.2, 0.25) is 0 Å². The number of pyridine rings is 1. The van der Waals surface area contributed by atoms with Gasteiger partial charge in [0.1, 0.15) is 5.75 Å². The monoisotopic (exact) mass is 225 g/mol. The first-order valence-electron chi connectivity index (χ1n) is 5.52. The maximum Gasteiger partial charge on any atom is 0.142 e. The molecule has 1 aromatic rings. The van der Waals surface area contributed by atoms with Crippen LogP contribution in [0.25, 0.3) is 0 Å². The summed E-state index contributed by atoms with van der Waals surface area (Å²) in [6.07, 6.45) is 1.74. The molecular weight excluding hydrogens is 206 g/mol. The number of nitrogens with zero attached hydrogens (tertiary/aromatic N) is 1. The molecule has 0 saturated carbocycles. The average molecular weight is 225 g/mol. The van der Waals surface area contributed by atoms with Crippen LogP contribution in [0.15, 0.2) is 6.20 Å². The van der Waals surface area contributed by atoms with Gasteiger partial charge in [-0.05, 0) is 20.8 Å². The molecule has 0 radical (unpaired) electrons. The molecule has 90 valence electrons. The Bertz CT molecular complexity index is 339. The second-order valence-electron chi connectivity index (χ2n) is 3.47. The van der Waals surface area contributed by atoms with E-state index in [4.69, 9.17) is 9.47 Å². The first kappa shape index (κ1) is 12.9. The summed E-state index contributed by atoms with van der Waals surface area (Å²) in [4.78, 5) is 4.11. The molecule has 1 heterocycles. The molecule has 4 heteroatoms. The van der Waals surface area contributed by atoms with Gasteiger partial charge in [0.05, 0.1) is 18.9 Å². The molecule has 1 N–H and O–H groups in total. The molecule has 0 bridgehead atoms. The molecule has 0 aliphatic carbocycles. The first-order chi connectivity index (χ1) is 7.70. The van der Waals surface area contributed by atoms with E-state index in [-0.39, 0.29) is 5.75 Å². The minimum Gasteiger partial charge on any atom is -0.506 e. The third kappa shape index (κ3) is 3.18. The van der Waals surface area contributed by atoms with Crippen molar-refractivity contribution in [3.05, 3.63) is 23.0 Å². The van der Waals surface area contributed by atoms with Gasteiger partial charge in [-0.3, -0.25) is 4.98 Å². The summed E-state index contributed by atoms with van der Waals surface area (Å²) in [5, 5.41) is 9.91. The lowest BCUT2D eigenvalue weighted by molar-refractivity contribution is 0.117. The van der Waals surface area contributed by atoms with E-state index in [0.29, 0.717) is 32.1 Å². The fraction of sp³-hybridized carbons (Fsp3) is 0.583. The minimum atomic E-state index is 0.214. The van der Waals surface area contributed by atoms with Crippen LogP contribution in [0.3, 0.4) is 0 Å². The molecule has 0 aromatic carbocycles. The summed E-state index contributed by atoms with van der Waals surface area (Å²) in [6, 6.07) is 0. The number of hydrogen-bond donors (Lipinski definition) is 1. The van der Waals surface area contributed by atoms with Crippen molar-refractivity contribution in [3.8, 4) is 5.75 Å². The van der Waals surface area contributed by atoms with Crippen molar-refractivity contribution >= 4 is 0 Å². The van der Waals surface area contributed by atoms with Crippen molar-refractivity contribution in [1.82, 2.24) is 4.98 Å². The van der Waals surface area contributed by atoms with Crippen LogP contribution in [-0.2, 0) is 22.7 Å². The highest BCUT2D eigenvalue weighted by molar-refractivity contribution is 5.40. The maximum atomic E-state index is 9.91. The average Bonchev–Trinajstić information content (AvgIpc) is 2.29. The number of aromatic hydroxyl groups is 1. The highest BCUT2D eigenvalue weighted by atomic mass is 16.5. The zero-order chi connectivity index (χ0) is 12.0. The SMILES string of the molecule is CCOCc1cnc(C)c(O)c1COCC. The Morgan fingerprint density at radius 3 is 2.44 bits per heavy atom. The normalized spacial score (nSPS) is 10.7. The quantitative estimate of drug-likeness (QED) is 0.806. The van der Waals surface area contributed by atoms with Gasteiger partial charge in [-0.1, -0.05) is 0 Å². The zero-order valence-corrected chi connectivity index (χ0v) is 10.1. The number of hydrogen-bond acceptors (Lipinski definition) is 4. The fourth-order valence-corrected chi connectivity index (χ4v) is 1.39. The second-order valence-corrected chi connectivity index (χ2v) is 3.47. The molecule has 16 heavy (non-hydrogen) atoms. The van der Waals surface area contributed by atoms with E-state index in [1.54, 1.807) is 13.1 Å². The lowest BCUT2D eigenvalue weighted by atomic mass is 10.1. The van der Waals surface area contributed by atoms with Gasteiger partial charge in [0.25, 0.3) is 0 Å². The predicted octanol–water partition coefficient (Wildman–Crippen LogP) is 2.17. The Balaban J connectivity index is 2.91. The Labute approximate surface area is 96.2 Å². The van der Waals surface area contributed by atoms with Gasteiger partial charge in [0.15, 0.2) is 0 Å². The predicted molar refractivity (Wildman–Crippen MR) is 61.3 cm³/mol. The van der Waals surface area contributed by atoms with Crippen molar-refractivity contribution in [1.29, 1.82) is 0 Å². The summed E-state index contributed by atoms with van der Waals surface area (Å²) < 4.78 is 10.7. The summed E-state index contributed by atoms with van der Waals surface area (Å²) in [5.74, 6) is 0.214. The topological polar surface area (TPSA) is 51.6 Å². The second kappa shape index (κ2) is 6.45. The number of ether oxygens (including phenoxy) is 2.